The predicted molar refractivity (Wildman–Crippen MR) is 96.6 cm³/mol. The van der Waals surface area contributed by atoms with Crippen LogP contribution in [0.25, 0.3) is 0 Å². The quantitative estimate of drug-likeness (QED) is 0.735. The third-order valence-electron chi connectivity index (χ3n) is 4.43. The van der Waals surface area contributed by atoms with Gasteiger partial charge in [-0.25, -0.2) is 4.79 Å². The van der Waals surface area contributed by atoms with Gasteiger partial charge in [0.1, 0.15) is 6.61 Å². The molecule has 1 N–H and O–H groups in total. The topological polar surface area (TPSA) is 82.5 Å². The van der Waals surface area contributed by atoms with E-state index in [0.29, 0.717) is 6.54 Å². The van der Waals surface area contributed by atoms with Crippen molar-refractivity contribution in [2.75, 3.05) is 13.1 Å². The second kappa shape index (κ2) is 9.08. The Kier molecular flexibility index (Phi) is 6.53. The van der Waals surface area contributed by atoms with Crippen LogP contribution in [0.4, 0.5) is 13.2 Å². The number of hydrogen-bond donors (Lipinski definition) is 1. The average molecular weight is 411 g/mol. The molecule has 0 amide bonds. The van der Waals surface area contributed by atoms with Gasteiger partial charge in [0.2, 0.25) is 5.88 Å². The molecular weight excluding hydrogens is 391 g/mol. The highest BCUT2D eigenvalue weighted by Gasteiger charge is 2.42. The first-order valence-corrected chi connectivity index (χ1v) is 9.11. The maximum atomic E-state index is 12.7. The zero-order chi connectivity index (χ0) is 20.9. The Balaban J connectivity index is 1.85. The molecule has 1 aliphatic heterocycles. The number of esters is 1. The van der Waals surface area contributed by atoms with Crippen molar-refractivity contribution in [2.24, 2.45) is 5.92 Å². The minimum Gasteiger partial charge on any atom is -0.473 e. The minimum absolute atomic E-state index is 0.00248. The normalized spacial score (nSPS) is 17.0. The molecule has 0 aliphatic carbocycles. The maximum Gasteiger partial charge on any atom is 0.491 e. The zero-order valence-electron chi connectivity index (χ0n) is 15.4. The molecule has 156 valence electrons. The first kappa shape index (κ1) is 20.8. The van der Waals surface area contributed by atoms with Crippen LogP contribution in [0.3, 0.4) is 0 Å². The van der Waals surface area contributed by atoms with E-state index in [2.05, 4.69) is 15.0 Å². The second-order valence-corrected chi connectivity index (χ2v) is 6.70. The molecule has 1 saturated heterocycles. The summed E-state index contributed by atoms with van der Waals surface area (Å²) in [5.41, 5.74) is 0.124. The predicted octanol–water partition coefficient (Wildman–Crippen LogP) is 2.29. The van der Waals surface area contributed by atoms with Crippen LogP contribution in [0.2, 0.25) is 0 Å². The van der Waals surface area contributed by atoms with Crippen molar-refractivity contribution in [3.63, 3.8) is 0 Å². The number of nitrogens with one attached hydrogen (secondary N) is 1. The van der Waals surface area contributed by atoms with Crippen LogP contribution in [0.15, 0.2) is 41.2 Å². The van der Waals surface area contributed by atoms with Gasteiger partial charge in [-0.3, -0.25) is 9.36 Å². The molecule has 1 unspecified atom stereocenters. The highest BCUT2D eigenvalue weighted by Crippen LogP contribution is 2.22. The molecule has 1 aliphatic rings. The zero-order valence-corrected chi connectivity index (χ0v) is 15.4. The van der Waals surface area contributed by atoms with Crippen LogP contribution >= 0.6 is 0 Å². The molecule has 10 heteroatoms. The average Bonchev–Trinajstić information content (AvgIpc) is 2.70. The molecule has 3 rings (SSSR count). The second-order valence-electron chi connectivity index (χ2n) is 6.70. The standard InChI is InChI=1S/C19H20F3N3O4/c20-19(21,22)17(27)29-18-24-15(28-12-13-5-2-1-3-6-13)9-16(26)25(18)11-14-7-4-8-23-10-14/h1-3,5-6,9,14,23H,4,7-8,10-12H2. The SMILES string of the molecule is O=C(Oc1nc(OCc2ccccc2)cc(=O)n1CC1CCCNC1)C(F)(F)F. The van der Waals surface area contributed by atoms with E-state index in [0.717, 1.165) is 35.6 Å². The molecule has 7 nitrogen and oxygen atoms in total. The van der Waals surface area contributed by atoms with Crippen molar-refractivity contribution in [1.82, 2.24) is 14.9 Å². The summed E-state index contributed by atoms with van der Waals surface area (Å²) in [5.74, 6) is -2.66. The summed E-state index contributed by atoms with van der Waals surface area (Å²) in [6.07, 6.45) is -3.54. The minimum atomic E-state index is -5.21. The number of rotatable bonds is 6. The summed E-state index contributed by atoms with van der Waals surface area (Å²) in [6, 6.07) is 9.30. The number of halogens is 3. The van der Waals surface area contributed by atoms with E-state index in [1.165, 1.54) is 0 Å². The van der Waals surface area contributed by atoms with Crippen molar-refractivity contribution in [3.8, 4) is 11.9 Å². The lowest BCUT2D eigenvalue weighted by molar-refractivity contribution is -0.190. The largest absolute Gasteiger partial charge is 0.491 e. The van der Waals surface area contributed by atoms with Crippen molar-refractivity contribution in [2.45, 2.75) is 32.2 Å². The van der Waals surface area contributed by atoms with Gasteiger partial charge in [0.15, 0.2) is 0 Å². The van der Waals surface area contributed by atoms with Gasteiger partial charge >= 0.3 is 18.2 Å². The van der Waals surface area contributed by atoms with Crippen LogP contribution in [0, 0.1) is 5.92 Å². The third-order valence-corrected chi connectivity index (χ3v) is 4.43. The van der Waals surface area contributed by atoms with E-state index in [9.17, 15) is 22.8 Å². The highest BCUT2D eigenvalue weighted by molar-refractivity contribution is 5.77. The Morgan fingerprint density at radius 2 is 2.03 bits per heavy atom. The molecule has 0 bridgehead atoms. The van der Waals surface area contributed by atoms with Gasteiger partial charge in [-0.15, -0.1) is 0 Å². The molecule has 0 spiro atoms. The molecule has 1 atom stereocenters. The van der Waals surface area contributed by atoms with Gasteiger partial charge < -0.3 is 14.8 Å². The van der Waals surface area contributed by atoms with Crippen molar-refractivity contribution in [1.29, 1.82) is 0 Å². The Morgan fingerprint density at radius 1 is 1.28 bits per heavy atom. The number of hydrogen-bond acceptors (Lipinski definition) is 6. The summed E-state index contributed by atoms with van der Waals surface area (Å²) in [5, 5.41) is 3.16. The van der Waals surface area contributed by atoms with Gasteiger partial charge in [0.05, 0.1) is 6.07 Å². The fourth-order valence-electron chi connectivity index (χ4n) is 2.99. The molecule has 0 radical (unpaired) electrons. The van der Waals surface area contributed by atoms with Crippen molar-refractivity contribution in [3.05, 3.63) is 52.3 Å². The molecule has 1 fully saturated rings. The monoisotopic (exact) mass is 411 g/mol. The molecule has 29 heavy (non-hydrogen) atoms. The van der Waals surface area contributed by atoms with Crippen LogP contribution in [-0.4, -0.2) is 34.8 Å². The number of alkyl halides is 3. The number of aromatic nitrogens is 2. The fraction of sp³-hybridized carbons (Fsp3) is 0.421. The Bertz CT molecular complexity index is 894. The van der Waals surface area contributed by atoms with E-state index < -0.39 is 23.7 Å². The number of piperidine rings is 1. The molecule has 2 heterocycles. The molecule has 0 saturated carbocycles. The lowest BCUT2D eigenvalue weighted by atomic mass is 10.00. The van der Waals surface area contributed by atoms with Gasteiger partial charge in [-0.1, -0.05) is 30.3 Å². The van der Waals surface area contributed by atoms with E-state index in [1.807, 2.05) is 6.07 Å². The van der Waals surface area contributed by atoms with E-state index in [-0.39, 0.29) is 24.9 Å². The molecular formula is C19H20F3N3O4. The summed E-state index contributed by atoms with van der Waals surface area (Å²) >= 11 is 0. The fourth-order valence-corrected chi connectivity index (χ4v) is 2.99. The van der Waals surface area contributed by atoms with E-state index >= 15 is 0 Å². The van der Waals surface area contributed by atoms with E-state index in [4.69, 9.17) is 4.74 Å². The number of carbonyl (C=O) groups is 1. The van der Waals surface area contributed by atoms with Gasteiger partial charge in [0.25, 0.3) is 5.56 Å². The Hall–Kier alpha value is -2.88. The summed E-state index contributed by atoms with van der Waals surface area (Å²) in [7, 11) is 0. The van der Waals surface area contributed by atoms with Gasteiger partial charge in [-0.05, 0) is 37.4 Å². The first-order valence-electron chi connectivity index (χ1n) is 9.11. The summed E-state index contributed by atoms with van der Waals surface area (Å²) in [6.45, 7) is 1.58. The van der Waals surface area contributed by atoms with Crippen molar-refractivity contribution >= 4 is 5.97 Å². The third kappa shape index (κ3) is 5.80. The molecule has 2 aromatic rings. The molecule has 1 aromatic heterocycles. The van der Waals surface area contributed by atoms with Crippen LogP contribution < -0.4 is 20.3 Å². The lowest BCUT2D eigenvalue weighted by Crippen LogP contribution is -2.36. The lowest BCUT2D eigenvalue weighted by Gasteiger charge is -2.24. The summed E-state index contributed by atoms with van der Waals surface area (Å²) < 4.78 is 48.8. The van der Waals surface area contributed by atoms with Crippen LogP contribution in [0.5, 0.6) is 11.9 Å². The highest BCUT2D eigenvalue weighted by atomic mass is 19.4. The first-order chi connectivity index (χ1) is 13.8. The smallest absolute Gasteiger partial charge is 0.473 e. The van der Waals surface area contributed by atoms with Gasteiger partial charge in [-0.2, -0.15) is 18.2 Å². The van der Waals surface area contributed by atoms with Crippen molar-refractivity contribution < 1.29 is 27.4 Å². The number of carbonyl (C=O) groups excluding carboxylic acids is 1. The van der Waals surface area contributed by atoms with Crippen LogP contribution in [-0.2, 0) is 17.9 Å². The number of ether oxygens (including phenoxy) is 2. The number of nitrogens with zero attached hydrogens (tertiary/aromatic N) is 2. The molecule has 1 aromatic carbocycles. The Morgan fingerprint density at radius 3 is 2.69 bits per heavy atom. The Labute approximate surface area is 164 Å². The van der Waals surface area contributed by atoms with Gasteiger partial charge in [0, 0.05) is 6.54 Å². The summed E-state index contributed by atoms with van der Waals surface area (Å²) in [4.78, 5) is 27.7. The number of benzene rings is 1. The maximum absolute atomic E-state index is 12.7. The van der Waals surface area contributed by atoms with Crippen LogP contribution in [0.1, 0.15) is 18.4 Å². The van der Waals surface area contributed by atoms with E-state index in [1.54, 1.807) is 24.3 Å².